The number of thioether (sulfide) groups is 1. The van der Waals surface area contributed by atoms with Gasteiger partial charge in [-0.25, -0.2) is 0 Å². The molecule has 0 aromatic carbocycles. The molecule has 0 aromatic heterocycles. The Balaban J connectivity index is 1.65. The summed E-state index contributed by atoms with van der Waals surface area (Å²) in [7, 11) is 0. The van der Waals surface area contributed by atoms with Gasteiger partial charge in [-0.1, -0.05) is 27.2 Å². The average molecular weight is 282 g/mol. The van der Waals surface area contributed by atoms with E-state index in [2.05, 4.69) is 32.5 Å². The second-order valence-corrected chi connectivity index (χ2v) is 8.65. The first-order valence-electron chi connectivity index (χ1n) is 8.47. The SMILES string of the molecule is CCCOC1CCC2C3CCC(C)CC3SC2C1C. The van der Waals surface area contributed by atoms with Gasteiger partial charge in [0.05, 0.1) is 6.10 Å². The van der Waals surface area contributed by atoms with Crippen LogP contribution in [0.2, 0.25) is 0 Å². The topological polar surface area (TPSA) is 9.23 Å². The van der Waals surface area contributed by atoms with Crippen LogP contribution in [0.3, 0.4) is 0 Å². The third kappa shape index (κ3) is 2.72. The number of hydrogen-bond donors (Lipinski definition) is 0. The summed E-state index contributed by atoms with van der Waals surface area (Å²) in [6.45, 7) is 8.10. The lowest BCUT2D eigenvalue weighted by Crippen LogP contribution is -2.40. The van der Waals surface area contributed by atoms with E-state index in [1.54, 1.807) is 0 Å². The maximum absolute atomic E-state index is 6.11. The Bertz CT molecular complexity index is 306. The molecule has 7 atom stereocenters. The van der Waals surface area contributed by atoms with Crippen molar-refractivity contribution in [1.29, 1.82) is 0 Å². The van der Waals surface area contributed by atoms with Gasteiger partial charge in [-0.2, -0.15) is 11.8 Å². The van der Waals surface area contributed by atoms with Crippen molar-refractivity contribution in [3.05, 3.63) is 0 Å². The van der Waals surface area contributed by atoms with Crippen LogP contribution in [0.25, 0.3) is 0 Å². The van der Waals surface area contributed by atoms with Gasteiger partial charge < -0.3 is 4.74 Å². The maximum atomic E-state index is 6.11. The molecule has 0 bridgehead atoms. The molecule has 0 spiro atoms. The van der Waals surface area contributed by atoms with Crippen LogP contribution in [0, 0.1) is 23.7 Å². The first-order chi connectivity index (χ1) is 9.20. The van der Waals surface area contributed by atoms with E-state index in [4.69, 9.17) is 4.74 Å². The van der Waals surface area contributed by atoms with E-state index in [0.717, 1.165) is 47.2 Å². The second-order valence-electron chi connectivity index (χ2n) is 7.23. The van der Waals surface area contributed by atoms with E-state index in [1.165, 1.54) is 32.1 Å². The van der Waals surface area contributed by atoms with Gasteiger partial charge in [-0.05, 0) is 55.8 Å². The first-order valence-corrected chi connectivity index (χ1v) is 9.42. The Morgan fingerprint density at radius 2 is 1.84 bits per heavy atom. The summed E-state index contributed by atoms with van der Waals surface area (Å²) in [6, 6.07) is 0. The van der Waals surface area contributed by atoms with Crippen molar-refractivity contribution in [2.45, 2.75) is 75.9 Å². The summed E-state index contributed by atoms with van der Waals surface area (Å²) < 4.78 is 6.11. The molecule has 1 nitrogen and oxygen atoms in total. The van der Waals surface area contributed by atoms with Gasteiger partial charge in [0.1, 0.15) is 0 Å². The van der Waals surface area contributed by atoms with Crippen molar-refractivity contribution in [3.8, 4) is 0 Å². The fourth-order valence-corrected chi connectivity index (χ4v) is 7.12. The molecule has 0 radical (unpaired) electrons. The minimum Gasteiger partial charge on any atom is -0.378 e. The summed E-state index contributed by atoms with van der Waals surface area (Å²) in [5.41, 5.74) is 0. The van der Waals surface area contributed by atoms with Gasteiger partial charge in [0, 0.05) is 17.1 Å². The lowest BCUT2D eigenvalue weighted by molar-refractivity contribution is -0.0191. The summed E-state index contributed by atoms with van der Waals surface area (Å²) in [5.74, 6) is 3.80. The van der Waals surface area contributed by atoms with Crippen LogP contribution in [0.1, 0.15) is 59.3 Å². The molecule has 110 valence electrons. The molecule has 19 heavy (non-hydrogen) atoms. The molecule has 7 unspecified atom stereocenters. The monoisotopic (exact) mass is 282 g/mol. The normalized spacial score (nSPS) is 49.7. The highest BCUT2D eigenvalue weighted by Gasteiger charge is 2.50. The highest BCUT2D eigenvalue weighted by molar-refractivity contribution is 8.00. The van der Waals surface area contributed by atoms with Crippen LogP contribution in [0.15, 0.2) is 0 Å². The lowest BCUT2D eigenvalue weighted by atomic mass is 9.68. The van der Waals surface area contributed by atoms with E-state index in [0.29, 0.717) is 6.10 Å². The fraction of sp³-hybridized carbons (Fsp3) is 1.00. The number of ether oxygens (including phenoxy) is 1. The summed E-state index contributed by atoms with van der Waals surface area (Å²) in [4.78, 5) is 0. The standard InChI is InChI=1S/C17H30OS/c1-4-9-18-15-8-7-14-13-6-5-11(2)10-16(13)19-17(14)12(15)3/h11-17H,4-10H2,1-3H3. The van der Waals surface area contributed by atoms with Gasteiger partial charge in [0.2, 0.25) is 0 Å². The minimum atomic E-state index is 0.547. The van der Waals surface area contributed by atoms with E-state index < -0.39 is 0 Å². The highest BCUT2D eigenvalue weighted by Crippen LogP contribution is 2.57. The van der Waals surface area contributed by atoms with Crippen molar-refractivity contribution in [3.63, 3.8) is 0 Å². The third-order valence-corrected chi connectivity index (χ3v) is 7.82. The van der Waals surface area contributed by atoms with Crippen molar-refractivity contribution in [2.75, 3.05) is 6.61 Å². The predicted molar refractivity (Wildman–Crippen MR) is 83.6 cm³/mol. The smallest absolute Gasteiger partial charge is 0.0611 e. The Labute approximate surface area is 123 Å². The van der Waals surface area contributed by atoms with Crippen LogP contribution < -0.4 is 0 Å². The molecule has 0 aromatic rings. The average Bonchev–Trinajstić information content (AvgIpc) is 2.76. The Morgan fingerprint density at radius 1 is 1.05 bits per heavy atom. The maximum Gasteiger partial charge on any atom is 0.0611 e. The molecule has 0 N–H and O–H groups in total. The largest absolute Gasteiger partial charge is 0.378 e. The van der Waals surface area contributed by atoms with Gasteiger partial charge >= 0.3 is 0 Å². The quantitative estimate of drug-likeness (QED) is 0.739. The molecule has 1 aliphatic heterocycles. The Kier molecular flexibility index (Phi) is 4.48. The van der Waals surface area contributed by atoms with E-state index >= 15 is 0 Å². The van der Waals surface area contributed by atoms with Crippen LogP contribution in [0.5, 0.6) is 0 Å². The highest BCUT2D eigenvalue weighted by atomic mass is 32.2. The lowest BCUT2D eigenvalue weighted by Gasteiger charge is -2.39. The van der Waals surface area contributed by atoms with E-state index in [-0.39, 0.29) is 0 Å². The van der Waals surface area contributed by atoms with E-state index in [9.17, 15) is 0 Å². The van der Waals surface area contributed by atoms with Crippen molar-refractivity contribution in [2.24, 2.45) is 23.7 Å². The number of fused-ring (bicyclic) bond motifs is 3. The van der Waals surface area contributed by atoms with Gasteiger partial charge in [-0.3, -0.25) is 0 Å². The number of hydrogen-bond acceptors (Lipinski definition) is 2. The van der Waals surface area contributed by atoms with E-state index in [1.807, 2.05) is 0 Å². The molecule has 2 heteroatoms. The zero-order valence-electron chi connectivity index (χ0n) is 12.8. The van der Waals surface area contributed by atoms with Gasteiger partial charge in [0.25, 0.3) is 0 Å². The summed E-state index contributed by atoms with van der Waals surface area (Å²) in [5, 5.41) is 1.88. The van der Waals surface area contributed by atoms with Gasteiger partial charge in [0.15, 0.2) is 0 Å². The van der Waals surface area contributed by atoms with Crippen molar-refractivity contribution in [1.82, 2.24) is 0 Å². The van der Waals surface area contributed by atoms with Crippen LogP contribution in [-0.4, -0.2) is 23.2 Å². The first kappa shape index (κ1) is 14.3. The Morgan fingerprint density at radius 3 is 2.63 bits per heavy atom. The van der Waals surface area contributed by atoms with Crippen molar-refractivity contribution < 1.29 is 4.74 Å². The van der Waals surface area contributed by atoms with Crippen molar-refractivity contribution >= 4 is 11.8 Å². The van der Waals surface area contributed by atoms with Gasteiger partial charge in [-0.15, -0.1) is 0 Å². The Hall–Kier alpha value is 0.310. The number of rotatable bonds is 3. The molecule has 1 saturated heterocycles. The molecule has 3 fully saturated rings. The zero-order valence-corrected chi connectivity index (χ0v) is 13.6. The fourth-order valence-electron chi connectivity index (χ4n) is 4.77. The zero-order chi connectivity index (χ0) is 13.4. The third-order valence-electron chi connectivity index (χ3n) is 5.83. The molecular weight excluding hydrogens is 252 g/mol. The molecular formula is C17H30OS. The second kappa shape index (κ2) is 5.97. The molecule has 2 aliphatic carbocycles. The molecule has 3 rings (SSSR count). The molecule has 3 aliphatic rings. The minimum absolute atomic E-state index is 0.547. The molecule has 2 saturated carbocycles. The predicted octanol–water partition coefficient (Wildman–Crippen LogP) is 4.75. The summed E-state index contributed by atoms with van der Waals surface area (Å²) >= 11 is 2.35. The molecule has 1 heterocycles. The molecule has 0 amide bonds. The summed E-state index contributed by atoms with van der Waals surface area (Å²) in [6.07, 6.45) is 8.94. The van der Waals surface area contributed by atoms with Crippen LogP contribution in [-0.2, 0) is 4.74 Å². The van der Waals surface area contributed by atoms with Crippen LogP contribution in [0.4, 0.5) is 0 Å². The van der Waals surface area contributed by atoms with Crippen LogP contribution >= 0.6 is 11.8 Å².